The van der Waals surface area contributed by atoms with Crippen LogP contribution in [0.1, 0.15) is 55.6 Å². The fourth-order valence-electron chi connectivity index (χ4n) is 1.79. The molecule has 0 heterocycles. The molecule has 1 aromatic rings. The van der Waals surface area contributed by atoms with Crippen LogP contribution in [-0.4, -0.2) is 11.8 Å². The molecule has 2 nitrogen and oxygen atoms in total. The summed E-state index contributed by atoms with van der Waals surface area (Å²) in [5, 5.41) is 0. The first kappa shape index (κ1) is 13.9. The van der Waals surface area contributed by atoms with Gasteiger partial charge < -0.3 is 5.73 Å². The van der Waals surface area contributed by atoms with E-state index in [1.165, 1.54) is 5.56 Å². The third-order valence-electron chi connectivity index (χ3n) is 2.91. The molecule has 1 rings (SSSR count). The highest BCUT2D eigenvalue weighted by Crippen LogP contribution is 2.25. The number of hydrogen-bond acceptors (Lipinski definition) is 2. The smallest absolute Gasteiger partial charge is 0.164 e. The fraction of sp³-hybridized carbons (Fsp3) is 0.533. The number of ketones is 1. The molecule has 0 saturated heterocycles. The van der Waals surface area contributed by atoms with Crippen molar-refractivity contribution in [3.63, 3.8) is 0 Å². The van der Waals surface area contributed by atoms with Gasteiger partial charge in [-0.15, -0.1) is 0 Å². The molecule has 0 aliphatic carbocycles. The van der Waals surface area contributed by atoms with E-state index in [9.17, 15) is 4.79 Å². The van der Waals surface area contributed by atoms with Crippen molar-refractivity contribution >= 4 is 5.78 Å². The Hall–Kier alpha value is -1.15. The first-order valence-corrected chi connectivity index (χ1v) is 6.11. The number of hydrogen-bond donors (Lipinski definition) is 1. The van der Waals surface area contributed by atoms with E-state index in [-0.39, 0.29) is 17.2 Å². The Morgan fingerprint density at radius 1 is 1.35 bits per heavy atom. The topological polar surface area (TPSA) is 43.1 Å². The highest BCUT2D eigenvalue weighted by molar-refractivity contribution is 5.98. The lowest BCUT2D eigenvalue weighted by atomic mass is 9.84. The normalized spacial score (nSPS) is 13.5. The van der Waals surface area contributed by atoms with Crippen molar-refractivity contribution in [3.8, 4) is 0 Å². The van der Waals surface area contributed by atoms with Crippen molar-refractivity contribution in [2.45, 2.75) is 52.5 Å². The lowest BCUT2D eigenvalue weighted by Gasteiger charge is -2.20. The predicted molar refractivity (Wildman–Crippen MR) is 72.5 cm³/mol. The highest BCUT2D eigenvalue weighted by Gasteiger charge is 2.17. The molecule has 1 unspecified atom stereocenters. The third-order valence-corrected chi connectivity index (χ3v) is 2.91. The second kappa shape index (κ2) is 5.01. The van der Waals surface area contributed by atoms with E-state index in [0.717, 1.165) is 11.1 Å². The third kappa shape index (κ3) is 3.67. The molecule has 94 valence electrons. The lowest BCUT2D eigenvalue weighted by Crippen LogP contribution is -2.21. The maximum Gasteiger partial charge on any atom is 0.164 e. The van der Waals surface area contributed by atoms with Crippen molar-refractivity contribution in [2.75, 3.05) is 0 Å². The summed E-state index contributed by atoms with van der Waals surface area (Å²) in [6.07, 6.45) is 0.411. The molecule has 1 aromatic carbocycles. The molecule has 0 aliphatic rings. The molecule has 17 heavy (non-hydrogen) atoms. The standard InChI is InChI=1S/C15H23NO/c1-10-6-7-12(15(3,4)5)9-13(10)14(17)8-11(2)16/h6-7,9,11H,8,16H2,1-5H3. The molecular weight excluding hydrogens is 210 g/mol. The lowest BCUT2D eigenvalue weighted by molar-refractivity contribution is 0.0976. The van der Waals surface area contributed by atoms with Crippen molar-refractivity contribution in [1.29, 1.82) is 0 Å². The highest BCUT2D eigenvalue weighted by atomic mass is 16.1. The number of Topliss-reactive ketones (excluding diaryl/α,β-unsaturated/α-hetero) is 1. The molecule has 0 fully saturated rings. The summed E-state index contributed by atoms with van der Waals surface area (Å²) in [6, 6.07) is 6.05. The van der Waals surface area contributed by atoms with Crippen molar-refractivity contribution in [2.24, 2.45) is 5.73 Å². The zero-order valence-electron chi connectivity index (χ0n) is 11.5. The molecule has 0 amide bonds. The van der Waals surface area contributed by atoms with Crippen molar-refractivity contribution in [1.82, 2.24) is 0 Å². The quantitative estimate of drug-likeness (QED) is 0.815. The number of aryl methyl sites for hydroxylation is 1. The Morgan fingerprint density at radius 2 is 1.94 bits per heavy atom. The number of carbonyl (C=O) groups excluding carboxylic acids is 1. The Morgan fingerprint density at radius 3 is 2.41 bits per heavy atom. The largest absolute Gasteiger partial charge is 0.328 e. The van der Waals surface area contributed by atoms with E-state index in [0.29, 0.717) is 6.42 Å². The predicted octanol–water partition coefficient (Wildman–Crippen LogP) is 3.21. The molecule has 2 heteroatoms. The maximum atomic E-state index is 12.1. The number of carbonyl (C=O) groups is 1. The fourth-order valence-corrected chi connectivity index (χ4v) is 1.79. The second-order valence-electron chi connectivity index (χ2n) is 5.88. The van der Waals surface area contributed by atoms with Crippen LogP contribution in [0.25, 0.3) is 0 Å². The minimum atomic E-state index is -0.0832. The second-order valence-corrected chi connectivity index (χ2v) is 5.88. The summed E-state index contributed by atoms with van der Waals surface area (Å²) < 4.78 is 0. The van der Waals surface area contributed by atoms with Crippen LogP contribution in [0.3, 0.4) is 0 Å². The summed E-state index contributed by atoms with van der Waals surface area (Å²) >= 11 is 0. The monoisotopic (exact) mass is 233 g/mol. The maximum absolute atomic E-state index is 12.1. The molecule has 0 aliphatic heterocycles. The SMILES string of the molecule is Cc1ccc(C(C)(C)C)cc1C(=O)CC(C)N. The van der Waals surface area contributed by atoms with E-state index < -0.39 is 0 Å². The number of rotatable bonds is 3. The zero-order chi connectivity index (χ0) is 13.2. The molecule has 1 atom stereocenters. The van der Waals surface area contributed by atoms with Gasteiger partial charge in [0.1, 0.15) is 0 Å². The van der Waals surface area contributed by atoms with Gasteiger partial charge >= 0.3 is 0 Å². The van der Waals surface area contributed by atoms with E-state index in [1.54, 1.807) is 0 Å². The van der Waals surface area contributed by atoms with Crippen molar-refractivity contribution in [3.05, 3.63) is 34.9 Å². The van der Waals surface area contributed by atoms with Gasteiger partial charge in [0.2, 0.25) is 0 Å². The van der Waals surface area contributed by atoms with E-state index in [4.69, 9.17) is 5.73 Å². The van der Waals surface area contributed by atoms with Gasteiger partial charge in [-0.2, -0.15) is 0 Å². The van der Waals surface area contributed by atoms with Gasteiger partial charge in [-0.25, -0.2) is 0 Å². The van der Waals surface area contributed by atoms with Crippen LogP contribution in [0.5, 0.6) is 0 Å². The minimum absolute atomic E-state index is 0.0665. The van der Waals surface area contributed by atoms with Crippen LogP contribution < -0.4 is 5.73 Å². The van der Waals surface area contributed by atoms with Crippen LogP contribution in [0.15, 0.2) is 18.2 Å². The van der Waals surface area contributed by atoms with Gasteiger partial charge in [0.05, 0.1) is 0 Å². The average Bonchev–Trinajstić information content (AvgIpc) is 2.15. The zero-order valence-corrected chi connectivity index (χ0v) is 11.5. The summed E-state index contributed by atoms with van der Waals surface area (Å²) in [5.41, 5.74) is 8.79. The summed E-state index contributed by atoms with van der Waals surface area (Å²) in [6.45, 7) is 10.3. The number of nitrogens with two attached hydrogens (primary N) is 1. The van der Waals surface area contributed by atoms with Gasteiger partial charge in [-0.3, -0.25) is 4.79 Å². The Bertz CT molecular complexity index is 413. The molecule has 0 bridgehead atoms. The van der Waals surface area contributed by atoms with Crippen LogP contribution >= 0.6 is 0 Å². The summed E-state index contributed by atoms with van der Waals surface area (Å²) in [5.74, 6) is 0.142. The molecule has 0 aromatic heterocycles. The molecule has 2 N–H and O–H groups in total. The molecular formula is C15H23NO. The molecule has 0 radical (unpaired) electrons. The first-order valence-electron chi connectivity index (χ1n) is 6.11. The van der Waals surface area contributed by atoms with E-state index in [2.05, 4.69) is 26.8 Å². The minimum Gasteiger partial charge on any atom is -0.328 e. The Kier molecular flexibility index (Phi) is 4.10. The van der Waals surface area contributed by atoms with E-state index in [1.807, 2.05) is 26.0 Å². The molecule has 0 saturated carbocycles. The van der Waals surface area contributed by atoms with Crippen LogP contribution in [0, 0.1) is 6.92 Å². The Balaban J connectivity index is 3.11. The average molecular weight is 233 g/mol. The van der Waals surface area contributed by atoms with Crippen LogP contribution in [0.2, 0.25) is 0 Å². The van der Waals surface area contributed by atoms with Gasteiger partial charge in [-0.05, 0) is 36.5 Å². The van der Waals surface area contributed by atoms with Gasteiger partial charge in [0, 0.05) is 18.0 Å². The van der Waals surface area contributed by atoms with Gasteiger partial charge in [0.25, 0.3) is 0 Å². The summed E-state index contributed by atoms with van der Waals surface area (Å²) in [4.78, 5) is 12.1. The van der Waals surface area contributed by atoms with Crippen LogP contribution in [0.4, 0.5) is 0 Å². The molecule has 0 spiro atoms. The van der Waals surface area contributed by atoms with Crippen LogP contribution in [-0.2, 0) is 5.41 Å². The van der Waals surface area contributed by atoms with Crippen molar-refractivity contribution < 1.29 is 4.79 Å². The van der Waals surface area contributed by atoms with E-state index >= 15 is 0 Å². The summed E-state index contributed by atoms with van der Waals surface area (Å²) in [7, 11) is 0. The van der Waals surface area contributed by atoms with Gasteiger partial charge in [-0.1, -0.05) is 32.9 Å². The Labute approximate surface area is 104 Å². The van der Waals surface area contributed by atoms with Gasteiger partial charge in [0.15, 0.2) is 5.78 Å². The number of benzene rings is 1. The first-order chi connectivity index (χ1) is 7.71.